The molecule has 0 aliphatic rings. The molecule has 1 aromatic carbocycles. The van der Waals surface area contributed by atoms with Crippen molar-refractivity contribution in [3.63, 3.8) is 0 Å². The summed E-state index contributed by atoms with van der Waals surface area (Å²) in [6.45, 7) is 1.54. The molecule has 0 amide bonds. The largest absolute Gasteiger partial charge is 0.361 e. The van der Waals surface area contributed by atoms with Crippen molar-refractivity contribution in [3.05, 3.63) is 48.2 Å². The molecule has 0 atom stereocenters. The maximum Gasteiger partial charge on any atom is 0.146 e. The molecule has 92 valence electrons. The fraction of sp³-hybridized carbons (Fsp3) is 0.231. The van der Waals surface area contributed by atoms with Gasteiger partial charge < -0.3 is 14.9 Å². The molecule has 0 spiro atoms. The van der Waals surface area contributed by atoms with E-state index in [1.807, 2.05) is 17.8 Å². The Morgan fingerprint density at radius 2 is 2.22 bits per heavy atom. The number of fused-ring (bicyclic) bond motifs is 1. The predicted octanol–water partition coefficient (Wildman–Crippen LogP) is 1.59. The lowest BCUT2D eigenvalue weighted by Crippen LogP contribution is -2.15. The zero-order valence-electron chi connectivity index (χ0n) is 10.2. The first kappa shape index (κ1) is 11.0. The van der Waals surface area contributed by atoms with Crippen molar-refractivity contribution < 1.29 is 0 Å². The quantitative estimate of drug-likeness (QED) is 0.729. The molecule has 0 bridgehead atoms. The summed E-state index contributed by atoms with van der Waals surface area (Å²) in [4.78, 5) is 3.22. The Morgan fingerprint density at radius 1 is 1.28 bits per heavy atom. The number of nitrogens with one attached hydrogen (secondary N) is 2. The van der Waals surface area contributed by atoms with E-state index in [9.17, 15) is 0 Å². The van der Waals surface area contributed by atoms with Crippen LogP contribution >= 0.6 is 0 Å². The number of rotatable bonds is 4. The van der Waals surface area contributed by atoms with Gasteiger partial charge in [-0.25, -0.2) is 0 Å². The number of aryl methyl sites for hydroxylation is 1. The van der Waals surface area contributed by atoms with Crippen LogP contribution < -0.4 is 5.32 Å². The molecule has 3 rings (SSSR count). The Labute approximate surface area is 105 Å². The van der Waals surface area contributed by atoms with Gasteiger partial charge in [0.15, 0.2) is 0 Å². The average Bonchev–Trinajstić information content (AvgIpc) is 2.98. The molecule has 5 heteroatoms. The van der Waals surface area contributed by atoms with Gasteiger partial charge >= 0.3 is 0 Å². The highest BCUT2D eigenvalue weighted by atomic mass is 15.3. The van der Waals surface area contributed by atoms with Crippen LogP contribution in [0.4, 0.5) is 0 Å². The minimum absolute atomic E-state index is 0.721. The zero-order valence-corrected chi connectivity index (χ0v) is 10.2. The van der Waals surface area contributed by atoms with Gasteiger partial charge in [-0.3, -0.25) is 0 Å². The number of benzene rings is 1. The standard InChI is InChI=1S/C13H15N5/c1-18-9-16-17-13(18)8-14-7-10-2-3-11-4-5-15-12(11)6-10/h2-6,9,14-15H,7-8H2,1H3. The second-order valence-electron chi connectivity index (χ2n) is 4.36. The summed E-state index contributed by atoms with van der Waals surface area (Å²) < 4.78 is 1.92. The van der Waals surface area contributed by atoms with Crippen molar-refractivity contribution in [1.29, 1.82) is 0 Å². The number of hydrogen-bond donors (Lipinski definition) is 2. The van der Waals surface area contributed by atoms with E-state index >= 15 is 0 Å². The third kappa shape index (κ3) is 2.12. The van der Waals surface area contributed by atoms with Gasteiger partial charge in [0.25, 0.3) is 0 Å². The van der Waals surface area contributed by atoms with Crippen molar-refractivity contribution in [1.82, 2.24) is 25.1 Å². The Morgan fingerprint density at radius 3 is 3.06 bits per heavy atom. The Hall–Kier alpha value is -2.14. The Kier molecular flexibility index (Phi) is 2.82. The van der Waals surface area contributed by atoms with Crippen molar-refractivity contribution in [2.45, 2.75) is 13.1 Å². The fourth-order valence-corrected chi connectivity index (χ4v) is 1.99. The van der Waals surface area contributed by atoms with E-state index in [0.29, 0.717) is 0 Å². The lowest BCUT2D eigenvalue weighted by molar-refractivity contribution is 0.637. The van der Waals surface area contributed by atoms with Gasteiger partial charge in [-0.15, -0.1) is 10.2 Å². The molecule has 0 saturated heterocycles. The second-order valence-corrected chi connectivity index (χ2v) is 4.36. The number of nitrogens with zero attached hydrogens (tertiary/aromatic N) is 3. The molecular formula is C13H15N5. The number of H-pyrrole nitrogens is 1. The van der Waals surface area contributed by atoms with Gasteiger partial charge in [0.1, 0.15) is 12.2 Å². The smallest absolute Gasteiger partial charge is 0.146 e. The van der Waals surface area contributed by atoms with E-state index < -0.39 is 0 Å². The van der Waals surface area contributed by atoms with Crippen molar-refractivity contribution in [2.75, 3.05) is 0 Å². The zero-order chi connectivity index (χ0) is 12.4. The lowest BCUT2D eigenvalue weighted by Gasteiger charge is -2.04. The molecule has 0 aliphatic carbocycles. The first-order valence-electron chi connectivity index (χ1n) is 5.92. The van der Waals surface area contributed by atoms with E-state index in [0.717, 1.165) is 18.9 Å². The second kappa shape index (κ2) is 4.62. The molecule has 2 N–H and O–H groups in total. The minimum atomic E-state index is 0.721. The van der Waals surface area contributed by atoms with E-state index in [2.05, 4.69) is 44.8 Å². The van der Waals surface area contributed by atoms with Crippen LogP contribution in [0.15, 0.2) is 36.8 Å². The van der Waals surface area contributed by atoms with Gasteiger partial charge in [0, 0.05) is 25.3 Å². The topological polar surface area (TPSA) is 58.5 Å². The highest BCUT2D eigenvalue weighted by Crippen LogP contribution is 2.13. The van der Waals surface area contributed by atoms with E-state index in [4.69, 9.17) is 0 Å². The summed E-state index contributed by atoms with van der Waals surface area (Å²) >= 11 is 0. The van der Waals surface area contributed by atoms with E-state index in [1.165, 1.54) is 16.5 Å². The van der Waals surface area contributed by atoms with Crippen LogP contribution in [0.1, 0.15) is 11.4 Å². The molecule has 0 aliphatic heterocycles. The maximum absolute atomic E-state index is 4.03. The molecular weight excluding hydrogens is 226 g/mol. The number of aromatic amines is 1. The van der Waals surface area contributed by atoms with Gasteiger partial charge in [-0.2, -0.15) is 0 Å². The molecule has 3 aromatic rings. The third-order valence-electron chi connectivity index (χ3n) is 3.04. The fourth-order valence-electron chi connectivity index (χ4n) is 1.99. The highest BCUT2D eigenvalue weighted by molar-refractivity contribution is 5.79. The molecule has 2 aromatic heterocycles. The molecule has 0 saturated carbocycles. The van der Waals surface area contributed by atoms with Crippen molar-refractivity contribution in [2.24, 2.45) is 7.05 Å². The lowest BCUT2D eigenvalue weighted by atomic mass is 10.1. The van der Waals surface area contributed by atoms with Crippen LogP contribution in [-0.4, -0.2) is 19.7 Å². The third-order valence-corrected chi connectivity index (χ3v) is 3.04. The predicted molar refractivity (Wildman–Crippen MR) is 69.8 cm³/mol. The summed E-state index contributed by atoms with van der Waals surface area (Å²) in [6, 6.07) is 8.51. The summed E-state index contributed by atoms with van der Waals surface area (Å²) in [7, 11) is 1.95. The van der Waals surface area contributed by atoms with Crippen molar-refractivity contribution in [3.8, 4) is 0 Å². The van der Waals surface area contributed by atoms with Crippen LogP contribution in [0.3, 0.4) is 0 Å². The van der Waals surface area contributed by atoms with E-state index in [1.54, 1.807) is 6.33 Å². The van der Waals surface area contributed by atoms with Crippen LogP contribution in [0.2, 0.25) is 0 Å². The van der Waals surface area contributed by atoms with Crippen LogP contribution in [0, 0.1) is 0 Å². The molecule has 18 heavy (non-hydrogen) atoms. The van der Waals surface area contributed by atoms with Gasteiger partial charge in [-0.1, -0.05) is 12.1 Å². The molecule has 0 fully saturated rings. The van der Waals surface area contributed by atoms with Gasteiger partial charge in [0.2, 0.25) is 0 Å². The van der Waals surface area contributed by atoms with Crippen molar-refractivity contribution >= 4 is 10.9 Å². The molecule has 5 nitrogen and oxygen atoms in total. The minimum Gasteiger partial charge on any atom is -0.361 e. The summed E-state index contributed by atoms with van der Waals surface area (Å²) in [5.41, 5.74) is 2.43. The van der Waals surface area contributed by atoms with Gasteiger partial charge in [0.05, 0.1) is 6.54 Å². The van der Waals surface area contributed by atoms with E-state index in [-0.39, 0.29) is 0 Å². The normalized spacial score (nSPS) is 11.2. The molecule has 2 heterocycles. The number of aromatic nitrogens is 4. The number of hydrogen-bond acceptors (Lipinski definition) is 3. The Balaban J connectivity index is 1.64. The maximum atomic E-state index is 4.03. The first-order valence-corrected chi connectivity index (χ1v) is 5.92. The average molecular weight is 241 g/mol. The summed E-state index contributed by atoms with van der Waals surface area (Å²) in [5, 5.41) is 12.5. The monoisotopic (exact) mass is 241 g/mol. The SMILES string of the molecule is Cn1cnnc1CNCc1ccc2cc[nH]c2c1. The van der Waals surface area contributed by atoms with Crippen LogP contribution in [-0.2, 0) is 20.1 Å². The molecule has 0 unspecified atom stereocenters. The highest BCUT2D eigenvalue weighted by Gasteiger charge is 2.01. The first-order chi connectivity index (χ1) is 8.83. The summed E-state index contributed by atoms with van der Waals surface area (Å²) in [5.74, 6) is 0.941. The van der Waals surface area contributed by atoms with Crippen LogP contribution in [0.5, 0.6) is 0 Å². The van der Waals surface area contributed by atoms with Gasteiger partial charge in [-0.05, 0) is 23.1 Å². The van der Waals surface area contributed by atoms with Crippen LogP contribution in [0.25, 0.3) is 10.9 Å². The molecule has 0 radical (unpaired) electrons. The Bertz CT molecular complexity index is 652. The summed E-state index contributed by atoms with van der Waals surface area (Å²) in [6.07, 6.45) is 3.67.